The second-order valence-corrected chi connectivity index (χ2v) is 7.38. The van der Waals surface area contributed by atoms with Gasteiger partial charge < -0.3 is 9.57 Å². The maximum absolute atomic E-state index is 5.58. The third-order valence-corrected chi connectivity index (χ3v) is 5.47. The highest BCUT2D eigenvalue weighted by Crippen LogP contribution is 2.33. The van der Waals surface area contributed by atoms with Gasteiger partial charge in [-0.05, 0) is 37.1 Å². The Balaban J connectivity index is 1.51. The summed E-state index contributed by atoms with van der Waals surface area (Å²) in [5.74, 6) is 1.31. The van der Waals surface area contributed by atoms with E-state index in [9.17, 15) is 0 Å². The molecule has 2 aromatic carbocycles. The van der Waals surface area contributed by atoms with Crippen LogP contribution in [0.4, 0.5) is 0 Å². The van der Waals surface area contributed by atoms with Crippen molar-refractivity contribution in [1.29, 1.82) is 0 Å². The van der Waals surface area contributed by atoms with Gasteiger partial charge >= 0.3 is 0 Å². The standard InChI is InChI=1S/C24H22N6O2/c1-16-17(2)30(19-11-7-8-12-20(19)31-3)23-22(16)24-27-21(28-29(24)15-25-23)14-32-26-13-18-9-5-4-6-10-18/h4-13,15H,14H2,1-3H3. The van der Waals surface area contributed by atoms with E-state index in [-0.39, 0.29) is 6.61 Å². The number of aryl methyl sites for hydroxylation is 1. The predicted molar refractivity (Wildman–Crippen MR) is 122 cm³/mol. The maximum atomic E-state index is 5.58. The van der Waals surface area contributed by atoms with Crippen LogP contribution in [0.25, 0.3) is 22.4 Å². The molecule has 160 valence electrons. The van der Waals surface area contributed by atoms with Gasteiger partial charge in [0, 0.05) is 5.69 Å². The Kier molecular flexibility index (Phi) is 5.03. The summed E-state index contributed by atoms with van der Waals surface area (Å²) < 4.78 is 9.36. The zero-order valence-electron chi connectivity index (χ0n) is 18.1. The third kappa shape index (κ3) is 3.35. The van der Waals surface area contributed by atoms with Crippen LogP contribution in [-0.4, -0.2) is 37.5 Å². The van der Waals surface area contributed by atoms with Gasteiger partial charge in [0.2, 0.25) is 0 Å². The highest BCUT2D eigenvalue weighted by molar-refractivity contribution is 5.95. The summed E-state index contributed by atoms with van der Waals surface area (Å²) in [6, 6.07) is 17.7. The van der Waals surface area contributed by atoms with Crippen molar-refractivity contribution in [3.05, 3.63) is 83.6 Å². The van der Waals surface area contributed by atoms with Crippen molar-refractivity contribution in [3.63, 3.8) is 0 Å². The molecule has 0 amide bonds. The largest absolute Gasteiger partial charge is 0.495 e. The number of nitrogens with zero attached hydrogens (tertiary/aromatic N) is 6. The van der Waals surface area contributed by atoms with Crippen LogP contribution in [0.3, 0.4) is 0 Å². The monoisotopic (exact) mass is 426 g/mol. The minimum atomic E-state index is 0.164. The number of rotatable bonds is 6. The molecule has 0 fully saturated rings. The Morgan fingerprint density at radius 3 is 2.59 bits per heavy atom. The van der Waals surface area contributed by atoms with Crippen LogP contribution in [0.2, 0.25) is 0 Å². The van der Waals surface area contributed by atoms with E-state index in [2.05, 4.69) is 33.7 Å². The van der Waals surface area contributed by atoms with Crippen molar-refractivity contribution < 1.29 is 9.57 Å². The Morgan fingerprint density at radius 1 is 1.00 bits per heavy atom. The number of benzene rings is 2. The molecule has 8 heteroatoms. The fraction of sp³-hybridized carbons (Fsp3) is 0.167. The first-order chi connectivity index (χ1) is 15.7. The molecule has 0 aliphatic carbocycles. The molecule has 3 aromatic heterocycles. The molecular weight excluding hydrogens is 404 g/mol. The molecule has 0 unspecified atom stereocenters. The smallest absolute Gasteiger partial charge is 0.192 e. The van der Waals surface area contributed by atoms with Crippen LogP contribution in [-0.2, 0) is 11.4 Å². The number of para-hydroxylation sites is 2. The molecule has 0 saturated carbocycles. The lowest BCUT2D eigenvalue weighted by Crippen LogP contribution is -2.01. The molecule has 0 radical (unpaired) electrons. The highest BCUT2D eigenvalue weighted by atomic mass is 16.6. The quantitative estimate of drug-likeness (QED) is 0.300. The maximum Gasteiger partial charge on any atom is 0.192 e. The molecule has 5 rings (SSSR count). The summed E-state index contributed by atoms with van der Waals surface area (Å²) in [7, 11) is 1.67. The van der Waals surface area contributed by atoms with Crippen molar-refractivity contribution in [2.75, 3.05) is 7.11 Å². The molecular formula is C24H22N6O2. The Bertz CT molecular complexity index is 1440. The van der Waals surface area contributed by atoms with Gasteiger partial charge in [-0.3, -0.25) is 4.57 Å². The lowest BCUT2D eigenvalue weighted by molar-refractivity contribution is 0.126. The number of aromatic nitrogens is 5. The van der Waals surface area contributed by atoms with Crippen LogP contribution in [0.15, 0.2) is 66.1 Å². The van der Waals surface area contributed by atoms with E-state index in [0.717, 1.165) is 44.9 Å². The van der Waals surface area contributed by atoms with E-state index in [0.29, 0.717) is 5.82 Å². The molecule has 0 bridgehead atoms. The average Bonchev–Trinajstić information content (AvgIpc) is 3.35. The minimum absolute atomic E-state index is 0.164. The number of methoxy groups -OCH3 is 1. The summed E-state index contributed by atoms with van der Waals surface area (Å²) in [6.07, 6.45) is 3.34. The normalized spacial score (nSPS) is 11.6. The van der Waals surface area contributed by atoms with E-state index in [1.165, 1.54) is 0 Å². The first-order valence-corrected chi connectivity index (χ1v) is 10.2. The van der Waals surface area contributed by atoms with Crippen molar-refractivity contribution in [1.82, 2.24) is 24.1 Å². The molecule has 0 atom stereocenters. The average molecular weight is 426 g/mol. The third-order valence-electron chi connectivity index (χ3n) is 5.47. The number of fused-ring (bicyclic) bond motifs is 3. The van der Waals surface area contributed by atoms with Gasteiger partial charge in [-0.25, -0.2) is 14.5 Å². The SMILES string of the molecule is COc1ccccc1-n1c(C)c(C)c2c1ncn1nc(CON=Cc3ccccc3)nc21. The van der Waals surface area contributed by atoms with Crippen molar-refractivity contribution >= 4 is 22.9 Å². The first kappa shape index (κ1) is 19.7. The fourth-order valence-electron chi connectivity index (χ4n) is 3.81. The molecule has 3 heterocycles. The summed E-state index contributed by atoms with van der Waals surface area (Å²) in [5.41, 5.74) is 5.59. The van der Waals surface area contributed by atoms with E-state index >= 15 is 0 Å². The number of hydrogen-bond acceptors (Lipinski definition) is 6. The Labute approximate surface area is 184 Å². The van der Waals surface area contributed by atoms with Crippen LogP contribution in [0, 0.1) is 13.8 Å². The number of oxime groups is 1. The van der Waals surface area contributed by atoms with Crippen molar-refractivity contribution in [2.24, 2.45) is 5.16 Å². The fourth-order valence-corrected chi connectivity index (χ4v) is 3.81. The molecule has 0 aliphatic rings. The minimum Gasteiger partial charge on any atom is -0.495 e. The van der Waals surface area contributed by atoms with Crippen LogP contribution < -0.4 is 4.74 Å². The zero-order valence-corrected chi connectivity index (χ0v) is 18.1. The summed E-state index contributed by atoms with van der Waals surface area (Å²) in [6.45, 7) is 4.30. The summed E-state index contributed by atoms with van der Waals surface area (Å²) >= 11 is 0. The van der Waals surface area contributed by atoms with Crippen molar-refractivity contribution in [2.45, 2.75) is 20.5 Å². The molecule has 32 heavy (non-hydrogen) atoms. The van der Waals surface area contributed by atoms with E-state index in [1.54, 1.807) is 24.2 Å². The first-order valence-electron chi connectivity index (χ1n) is 10.2. The summed E-state index contributed by atoms with van der Waals surface area (Å²) in [4.78, 5) is 14.8. The van der Waals surface area contributed by atoms with Gasteiger partial charge in [-0.1, -0.05) is 47.6 Å². The topological polar surface area (TPSA) is 78.8 Å². The lowest BCUT2D eigenvalue weighted by atomic mass is 10.2. The van der Waals surface area contributed by atoms with Crippen LogP contribution in [0.5, 0.6) is 5.75 Å². The molecule has 0 spiro atoms. The molecule has 0 N–H and O–H groups in total. The van der Waals surface area contributed by atoms with E-state index < -0.39 is 0 Å². The lowest BCUT2D eigenvalue weighted by Gasteiger charge is -2.12. The molecule has 0 aliphatic heterocycles. The number of ether oxygens (including phenoxy) is 1. The van der Waals surface area contributed by atoms with E-state index in [4.69, 9.17) is 14.6 Å². The van der Waals surface area contributed by atoms with Gasteiger partial charge in [0.1, 0.15) is 12.1 Å². The second-order valence-electron chi connectivity index (χ2n) is 7.38. The van der Waals surface area contributed by atoms with E-state index in [1.807, 2.05) is 54.6 Å². The van der Waals surface area contributed by atoms with Crippen LogP contribution in [0.1, 0.15) is 22.6 Å². The Hall–Kier alpha value is -4.20. The molecule has 0 saturated heterocycles. The summed E-state index contributed by atoms with van der Waals surface area (Å²) in [5, 5.41) is 9.47. The van der Waals surface area contributed by atoms with Gasteiger partial charge in [0.25, 0.3) is 0 Å². The zero-order chi connectivity index (χ0) is 22.1. The number of hydrogen-bond donors (Lipinski definition) is 0. The highest BCUT2D eigenvalue weighted by Gasteiger charge is 2.20. The van der Waals surface area contributed by atoms with Crippen LogP contribution >= 0.6 is 0 Å². The predicted octanol–water partition coefficient (Wildman–Crippen LogP) is 4.24. The molecule has 8 nitrogen and oxygen atoms in total. The van der Waals surface area contributed by atoms with Gasteiger partial charge in [0.15, 0.2) is 23.7 Å². The second kappa shape index (κ2) is 8.14. The van der Waals surface area contributed by atoms with Gasteiger partial charge in [0.05, 0.1) is 24.4 Å². The van der Waals surface area contributed by atoms with Gasteiger partial charge in [-0.2, -0.15) is 0 Å². The molecule has 5 aromatic rings. The Morgan fingerprint density at radius 2 is 1.78 bits per heavy atom. The van der Waals surface area contributed by atoms with Crippen molar-refractivity contribution in [3.8, 4) is 11.4 Å². The van der Waals surface area contributed by atoms with Gasteiger partial charge in [-0.15, -0.1) is 5.10 Å².